The molecule has 0 aromatic heterocycles. The van der Waals surface area contributed by atoms with Gasteiger partial charge in [0.25, 0.3) is 0 Å². The number of aliphatic hydroxyl groups is 1. The Labute approximate surface area is 113 Å². The number of carbonyl (C=O) groups is 2. The number of carboxylic acids is 1. The molecule has 0 aliphatic rings. The molecular formula is C11H12ClFN2O4. The summed E-state index contributed by atoms with van der Waals surface area (Å²) in [4.78, 5) is 22.2. The Kier molecular flexibility index (Phi) is 5.08. The Morgan fingerprint density at radius 1 is 1.42 bits per heavy atom. The van der Waals surface area contributed by atoms with Crippen molar-refractivity contribution in [2.75, 3.05) is 5.32 Å². The second-order valence-corrected chi connectivity index (χ2v) is 4.19. The van der Waals surface area contributed by atoms with E-state index in [0.717, 1.165) is 6.07 Å². The lowest BCUT2D eigenvalue weighted by Gasteiger charge is -2.17. The smallest absolute Gasteiger partial charge is 0.328 e. The zero-order chi connectivity index (χ0) is 14.6. The Hall–Kier alpha value is -1.86. The van der Waals surface area contributed by atoms with E-state index < -0.39 is 30.0 Å². The third kappa shape index (κ3) is 4.38. The van der Waals surface area contributed by atoms with Crippen LogP contribution in [0.3, 0.4) is 0 Å². The van der Waals surface area contributed by atoms with Crippen molar-refractivity contribution in [3.63, 3.8) is 0 Å². The molecule has 4 N–H and O–H groups in total. The van der Waals surface area contributed by atoms with Gasteiger partial charge in [-0.25, -0.2) is 14.0 Å². The van der Waals surface area contributed by atoms with E-state index in [4.69, 9.17) is 16.7 Å². The minimum atomic E-state index is -1.46. The summed E-state index contributed by atoms with van der Waals surface area (Å²) in [6.07, 6.45) is -1.27. The quantitative estimate of drug-likeness (QED) is 0.674. The topological polar surface area (TPSA) is 98.7 Å². The molecule has 0 radical (unpaired) electrons. The van der Waals surface area contributed by atoms with Gasteiger partial charge in [0.2, 0.25) is 0 Å². The highest BCUT2D eigenvalue weighted by molar-refractivity contribution is 6.30. The molecule has 1 rings (SSSR count). The summed E-state index contributed by atoms with van der Waals surface area (Å²) in [5.41, 5.74) is 0.106. The maximum absolute atomic E-state index is 13.1. The van der Waals surface area contributed by atoms with E-state index in [1.54, 1.807) is 0 Å². The number of aliphatic hydroxyl groups excluding tert-OH is 1. The molecule has 19 heavy (non-hydrogen) atoms. The number of nitrogens with one attached hydrogen (secondary N) is 2. The minimum absolute atomic E-state index is 0.0987. The van der Waals surface area contributed by atoms with Gasteiger partial charge in [0, 0.05) is 5.69 Å². The number of anilines is 1. The predicted octanol–water partition coefficient (Wildman–Crippen LogP) is 1.43. The molecule has 0 bridgehead atoms. The minimum Gasteiger partial charge on any atom is -0.480 e. The molecule has 0 spiro atoms. The monoisotopic (exact) mass is 290 g/mol. The number of hydrogen-bond donors (Lipinski definition) is 4. The fraction of sp³-hybridized carbons (Fsp3) is 0.273. The second-order valence-electron chi connectivity index (χ2n) is 3.78. The average Bonchev–Trinajstić information content (AvgIpc) is 2.30. The molecule has 0 saturated heterocycles. The third-order valence-electron chi connectivity index (χ3n) is 2.21. The van der Waals surface area contributed by atoms with Crippen molar-refractivity contribution in [3.8, 4) is 0 Å². The molecule has 0 aliphatic heterocycles. The van der Waals surface area contributed by atoms with Gasteiger partial charge < -0.3 is 20.8 Å². The van der Waals surface area contributed by atoms with Crippen molar-refractivity contribution in [3.05, 3.63) is 29.0 Å². The highest BCUT2D eigenvalue weighted by atomic mass is 35.5. The van der Waals surface area contributed by atoms with Crippen molar-refractivity contribution in [2.45, 2.75) is 19.1 Å². The molecule has 1 aromatic rings. The van der Waals surface area contributed by atoms with Gasteiger partial charge >= 0.3 is 12.0 Å². The lowest BCUT2D eigenvalue weighted by molar-refractivity contribution is -0.141. The van der Waals surface area contributed by atoms with Gasteiger partial charge in [0.1, 0.15) is 5.82 Å². The van der Waals surface area contributed by atoms with Crippen LogP contribution in [0.2, 0.25) is 5.02 Å². The number of rotatable bonds is 4. The molecule has 0 aliphatic carbocycles. The lowest BCUT2D eigenvalue weighted by atomic mass is 10.2. The molecule has 2 atom stereocenters. The van der Waals surface area contributed by atoms with E-state index >= 15 is 0 Å². The van der Waals surface area contributed by atoms with E-state index in [2.05, 4.69) is 5.32 Å². The number of aliphatic carboxylic acids is 1. The van der Waals surface area contributed by atoms with Gasteiger partial charge in [-0.05, 0) is 25.1 Å². The molecule has 0 unspecified atom stereocenters. The van der Waals surface area contributed by atoms with E-state index in [0.29, 0.717) is 0 Å². The summed E-state index contributed by atoms with van der Waals surface area (Å²) < 4.78 is 13.1. The summed E-state index contributed by atoms with van der Waals surface area (Å²) in [6, 6.07) is 1.24. The van der Waals surface area contributed by atoms with E-state index in [1.165, 1.54) is 19.1 Å². The van der Waals surface area contributed by atoms with Crippen molar-refractivity contribution >= 4 is 29.3 Å². The number of amides is 2. The normalized spacial score (nSPS) is 13.5. The number of halogens is 2. The maximum atomic E-state index is 13.1. The first-order chi connectivity index (χ1) is 8.81. The lowest BCUT2D eigenvalue weighted by Crippen LogP contribution is -2.49. The van der Waals surface area contributed by atoms with Crippen LogP contribution >= 0.6 is 11.6 Å². The number of carboxylic acid groups (broad SMARTS) is 1. The summed E-state index contributed by atoms with van der Waals surface area (Å²) >= 11 is 5.47. The van der Waals surface area contributed by atoms with Crippen LogP contribution < -0.4 is 10.6 Å². The molecular weight excluding hydrogens is 279 g/mol. The van der Waals surface area contributed by atoms with Crippen LogP contribution in [0.1, 0.15) is 6.92 Å². The molecule has 2 amide bonds. The molecule has 1 aromatic carbocycles. The van der Waals surface area contributed by atoms with Crippen molar-refractivity contribution < 1.29 is 24.2 Å². The van der Waals surface area contributed by atoms with Gasteiger partial charge in [0.15, 0.2) is 6.04 Å². The van der Waals surface area contributed by atoms with Crippen LogP contribution in [0.4, 0.5) is 14.9 Å². The Morgan fingerprint density at radius 3 is 2.53 bits per heavy atom. The fourth-order valence-electron chi connectivity index (χ4n) is 1.27. The van der Waals surface area contributed by atoms with Gasteiger partial charge in [-0.2, -0.15) is 0 Å². The Balaban J connectivity index is 2.69. The van der Waals surface area contributed by atoms with Crippen LogP contribution in [0, 0.1) is 5.82 Å². The second kappa shape index (κ2) is 6.35. The first kappa shape index (κ1) is 15.2. The van der Waals surface area contributed by atoms with Gasteiger partial charge in [-0.1, -0.05) is 11.6 Å². The molecule has 0 heterocycles. The van der Waals surface area contributed by atoms with E-state index in [-0.39, 0.29) is 10.7 Å². The summed E-state index contributed by atoms with van der Waals surface area (Å²) in [5, 5.41) is 22.1. The first-order valence-corrected chi connectivity index (χ1v) is 5.62. The Bertz CT molecular complexity index is 496. The maximum Gasteiger partial charge on any atom is 0.328 e. The average molecular weight is 291 g/mol. The van der Waals surface area contributed by atoms with Crippen molar-refractivity contribution in [1.29, 1.82) is 0 Å². The molecule has 0 saturated carbocycles. The molecule has 8 heteroatoms. The van der Waals surface area contributed by atoms with Gasteiger partial charge in [-0.3, -0.25) is 0 Å². The number of benzene rings is 1. The van der Waals surface area contributed by atoms with E-state index in [1.807, 2.05) is 5.32 Å². The summed E-state index contributed by atoms with van der Waals surface area (Å²) in [5.74, 6) is -2.10. The largest absolute Gasteiger partial charge is 0.480 e. The SMILES string of the molecule is C[C@@H](O)[C@H](NC(=O)Nc1ccc(Cl)c(F)c1)C(=O)O. The van der Waals surface area contributed by atoms with Crippen molar-refractivity contribution in [1.82, 2.24) is 5.32 Å². The molecule has 6 nitrogen and oxygen atoms in total. The first-order valence-electron chi connectivity index (χ1n) is 5.24. The van der Waals surface area contributed by atoms with Gasteiger partial charge in [-0.15, -0.1) is 0 Å². The van der Waals surface area contributed by atoms with Crippen LogP contribution in [-0.4, -0.2) is 34.4 Å². The number of hydrogen-bond acceptors (Lipinski definition) is 3. The van der Waals surface area contributed by atoms with Crippen LogP contribution in [0.5, 0.6) is 0 Å². The van der Waals surface area contributed by atoms with Crippen molar-refractivity contribution in [2.24, 2.45) is 0 Å². The summed E-state index contributed by atoms with van der Waals surface area (Å²) in [6.45, 7) is 1.22. The number of carbonyl (C=O) groups excluding carboxylic acids is 1. The fourth-order valence-corrected chi connectivity index (χ4v) is 1.39. The van der Waals surface area contributed by atoms with Crippen LogP contribution in [0.25, 0.3) is 0 Å². The zero-order valence-corrected chi connectivity index (χ0v) is 10.6. The van der Waals surface area contributed by atoms with Crippen LogP contribution in [-0.2, 0) is 4.79 Å². The molecule has 0 fully saturated rings. The number of urea groups is 1. The highest BCUT2D eigenvalue weighted by Crippen LogP contribution is 2.18. The molecule has 104 valence electrons. The van der Waals surface area contributed by atoms with E-state index in [9.17, 15) is 19.1 Å². The predicted molar refractivity (Wildman–Crippen MR) is 66.7 cm³/mol. The van der Waals surface area contributed by atoms with Crippen LogP contribution in [0.15, 0.2) is 18.2 Å². The highest BCUT2D eigenvalue weighted by Gasteiger charge is 2.24. The van der Waals surface area contributed by atoms with Gasteiger partial charge in [0.05, 0.1) is 11.1 Å². The Morgan fingerprint density at radius 2 is 2.05 bits per heavy atom. The standard InChI is InChI=1S/C11H12ClFN2O4/c1-5(16)9(10(17)18)15-11(19)14-6-2-3-7(12)8(13)4-6/h2-5,9,16H,1H3,(H,17,18)(H2,14,15,19)/t5-,9+/m1/s1. The summed E-state index contributed by atoms with van der Waals surface area (Å²) in [7, 11) is 0. The zero-order valence-electron chi connectivity index (χ0n) is 9.85. The third-order valence-corrected chi connectivity index (χ3v) is 2.52.